The Morgan fingerprint density at radius 3 is 0.833 bits per heavy atom. The Kier molecular flexibility index (Phi) is 25.3. The third-order valence-corrected chi connectivity index (χ3v) is 17.8. The fourth-order valence-corrected chi connectivity index (χ4v) is 12.4. The average Bonchev–Trinajstić information content (AvgIpc) is 1.62. The van der Waals surface area contributed by atoms with Crippen LogP contribution in [0.5, 0.6) is 17.2 Å². The van der Waals surface area contributed by atoms with E-state index in [2.05, 4.69) is 9.97 Å². The van der Waals surface area contributed by atoms with Crippen molar-refractivity contribution >= 4 is 46.4 Å². The van der Waals surface area contributed by atoms with Crippen molar-refractivity contribution in [1.82, 2.24) is 19.9 Å². The number of benzene rings is 4. The van der Waals surface area contributed by atoms with Gasteiger partial charge >= 0.3 is 0 Å². The molecule has 0 saturated carbocycles. The van der Waals surface area contributed by atoms with Crippen molar-refractivity contribution in [3.05, 3.63) is 150 Å². The Hall–Kier alpha value is -7.96. The van der Waals surface area contributed by atoms with Crippen LogP contribution in [0.2, 0.25) is 0 Å². The molecule has 3 saturated heterocycles. The van der Waals surface area contributed by atoms with E-state index < -0.39 is 112 Å². The SMILES string of the molecule is OC[C@H]1O[C@H](OCCOCCOc2ccc(-c3c4nc(c(-c5ccc(OCCOCCO[C@H]6O[C@H](CO)[C@@H](O)[C@H](O)[C@@H]6O)cc5)c5ccc([nH]5)c(-c5ccc(OCCOCCO[C@H]6O[C@H](CO)[C@@H](O)[C@H](O)[C@@H]6O)cc5)c5nc(c(-c6ccccc6)c6ccc3[nH]6)C=C5)C=C4)cc2)[C@@H](O)[C@@H](O)[C@@H]1O. The predicted molar refractivity (Wildman–Crippen MR) is 369 cm³/mol. The van der Waals surface area contributed by atoms with Crippen molar-refractivity contribution in [2.45, 2.75) is 92.1 Å². The number of nitrogens with one attached hydrogen (secondary N) is 2. The highest BCUT2D eigenvalue weighted by molar-refractivity contribution is 6.00. The third kappa shape index (κ3) is 17.3. The molecule has 4 aromatic carbocycles. The fraction of sp³-hybridized carbons (Fsp3) is 0.405. The second-order valence-corrected chi connectivity index (χ2v) is 24.5. The van der Waals surface area contributed by atoms with Crippen LogP contribution in [-0.4, -0.2) is 272 Å². The van der Waals surface area contributed by atoms with Crippen LogP contribution in [0.1, 0.15) is 22.8 Å². The summed E-state index contributed by atoms with van der Waals surface area (Å²) >= 11 is 0. The molecular formula is C74H84N4O24. The van der Waals surface area contributed by atoms with E-state index in [1.54, 1.807) is 0 Å². The van der Waals surface area contributed by atoms with E-state index >= 15 is 0 Å². The van der Waals surface area contributed by atoms with E-state index in [4.69, 9.17) is 66.8 Å². The highest BCUT2D eigenvalue weighted by atomic mass is 16.7. The van der Waals surface area contributed by atoms with Crippen LogP contribution in [0, 0.1) is 0 Å². The van der Waals surface area contributed by atoms with Crippen LogP contribution >= 0.6 is 0 Å². The molecule has 0 unspecified atom stereocenters. The van der Waals surface area contributed by atoms with Crippen molar-refractivity contribution < 1.29 is 118 Å². The smallest absolute Gasteiger partial charge is 0.186 e. The molecule has 0 spiro atoms. The minimum Gasteiger partial charge on any atom is -0.491 e. The molecule has 102 heavy (non-hydrogen) atoms. The zero-order valence-corrected chi connectivity index (χ0v) is 55.4. The quantitative estimate of drug-likeness (QED) is 0.0278. The molecule has 0 radical (unpaired) electrons. The summed E-state index contributed by atoms with van der Waals surface area (Å²) in [6.07, 6.45) is -12.8. The summed E-state index contributed by atoms with van der Waals surface area (Å²) in [5.41, 5.74) is 12.4. The van der Waals surface area contributed by atoms with Gasteiger partial charge < -0.3 is 128 Å². The van der Waals surface area contributed by atoms with E-state index in [-0.39, 0.29) is 79.3 Å². The Balaban J connectivity index is 0.817. The van der Waals surface area contributed by atoms with Gasteiger partial charge in [0.15, 0.2) is 18.9 Å². The van der Waals surface area contributed by atoms with Gasteiger partial charge in [-0.05, 0) is 107 Å². The lowest BCUT2D eigenvalue weighted by Gasteiger charge is -2.39. The number of hydrogen-bond donors (Lipinski definition) is 14. The number of aromatic nitrogens is 4. The van der Waals surface area contributed by atoms with E-state index in [0.717, 1.165) is 66.6 Å². The van der Waals surface area contributed by atoms with E-state index in [9.17, 15) is 61.3 Å². The largest absolute Gasteiger partial charge is 0.491 e. The summed E-state index contributed by atoms with van der Waals surface area (Å²) in [4.78, 5) is 18.4. The molecule has 5 aliphatic heterocycles. The molecule has 3 fully saturated rings. The van der Waals surface area contributed by atoms with Crippen molar-refractivity contribution in [2.24, 2.45) is 0 Å². The number of aliphatic hydroxyl groups is 12. The molecular weight excluding hydrogens is 1330 g/mol. The van der Waals surface area contributed by atoms with Gasteiger partial charge in [-0.3, -0.25) is 0 Å². The number of ether oxygens (including phenoxy) is 12. The average molecular weight is 1410 g/mol. The number of nitrogens with zero attached hydrogens (tertiary/aromatic N) is 2. The molecule has 14 N–H and O–H groups in total. The molecule has 28 heteroatoms. The van der Waals surface area contributed by atoms with E-state index in [1.807, 2.05) is 152 Å². The monoisotopic (exact) mass is 1410 g/mol. The first-order valence-electron chi connectivity index (χ1n) is 33.6. The van der Waals surface area contributed by atoms with Gasteiger partial charge in [-0.15, -0.1) is 0 Å². The van der Waals surface area contributed by atoms with Crippen LogP contribution in [0.25, 0.3) is 90.9 Å². The third-order valence-electron chi connectivity index (χ3n) is 17.8. The molecule has 5 aliphatic rings. The fourth-order valence-electron chi connectivity index (χ4n) is 12.4. The first kappa shape index (κ1) is 73.8. The normalized spacial score (nSPS) is 25.6. The van der Waals surface area contributed by atoms with Gasteiger partial charge in [-0.1, -0.05) is 66.7 Å². The molecule has 12 rings (SSSR count). The van der Waals surface area contributed by atoms with E-state index in [1.165, 1.54) is 0 Å². The Morgan fingerprint density at radius 2 is 0.559 bits per heavy atom. The summed E-state index contributed by atoms with van der Waals surface area (Å²) in [6.45, 7) is -0.327. The van der Waals surface area contributed by atoms with Crippen molar-refractivity contribution in [3.8, 4) is 61.8 Å². The summed E-state index contributed by atoms with van der Waals surface area (Å²) in [5.74, 6) is 1.72. The summed E-state index contributed by atoms with van der Waals surface area (Å²) in [7, 11) is 0. The Bertz CT molecular complexity index is 3990. The van der Waals surface area contributed by atoms with Gasteiger partial charge in [0.1, 0.15) is 110 Å². The molecule has 0 amide bonds. The second kappa shape index (κ2) is 35.0. The number of aromatic amines is 2. The van der Waals surface area contributed by atoms with E-state index in [0.29, 0.717) is 40.0 Å². The number of aliphatic hydroxyl groups excluding tert-OH is 12. The maximum absolute atomic E-state index is 10.3. The van der Waals surface area contributed by atoms with Crippen molar-refractivity contribution in [3.63, 3.8) is 0 Å². The molecule has 7 aromatic rings. The molecule has 544 valence electrons. The van der Waals surface area contributed by atoms with Crippen LogP contribution < -0.4 is 14.2 Å². The zero-order valence-electron chi connectivity index (χ0n) is 55.4. The highest BCUT2D eigenvalue weighted by Gasteiger charge is 2.46. The minimum absolute atomic E-state index is 0.00754. The van der Waals surface area contributed by atoms with Crippen LogP contribution in [-0.2, 0) is 42.6 Å². The maximum atomic E-state index is 10.3. The summed E-state index contributed by atoms with van der Waals surface area (Å²) < 4.78 is 68.4. The molecule has 0 aliphatic carbocycles. The van der Waals surface area contributed by atoms with Crippen LogP contribution in [0.15, 0.2) is 127 Å². The standard InChI is InChI=1S/C74H84N4O24/c79-38-56-63(82)66(85)69(88)72(100-56)97-35-29-91-26-32-94-45-12-6-42(7-13-45)60-50-20-18-48(75-50)59(41-4-2-1-3-5-41)49-19-21-51(76-49)61(43-8-14-46(15-9-43)95-33-27-92-30-36-98-73-70(89)67(86)64(83)57(39-80)101-73)53-23-25-55(78-53)62(54-24-22-52(60)77-54)44-10-16-47(17-11-44)96-34-28-93-31-37-99-74-71(90)68(87)65(84)58(40-81)102-74/h1-25,56-58,63-75,78-90H,26-40H2/t56-,57-,58-,63-,64-,65-,66+,67+,68+,69+,70+,71+,72+,73+,74+/m1/s1. The highest BCUT2D eigenvalue weighted by Crippen LogP contribution is 2.40. The molecule has 8 heterocycles. The lowest BCUT2D eigenvalue weighted by atomic mass is 9.99. The zero-order chi connectivity index (χ0) is 71.2. The summed E-state index contributed by atoms with van der Waals surface area (Å²) in [6, 6.07) is 41.1. The van der Waals surface area contributed by atoms with Gasteiger partial charge in [0.2, 0.25) is 0 Å². The second-order valence-electron chi connectivity index (χ2n) is 24.5. The van der Waals surface area contributed by atoms with Crippen molar-refractivity contribution in [1.29, 1.82) is 0 Å². The maximum Gasteiger partial charge on any atom is 0.186 e. The lowest BCUT2D eigenvalue weighted by molar-refractivity contribution is -0.302. The van der Waals surface area contributed by atoms with Gasteiger partial charge in [-0.2, -0.15) is 0 Å². The molecule has 15 atom stereocenters. The first-order valence-corrected chi connectivity index (χ1v) is 33.6. The van der Waals surface area contributed by atoms with Crippen LogP contribution in [0.3, 0.4) is 0 Å². The number of rotatable bonds is 31. The van der Waals surface area contributed by atoms with Gasteiger partial charge in [0.05, 0.1) is 102 Å². The Labute approximate surface area is 585 Å². The number of hydrogen-bond acceptors (Lipinski definition) is 26. The number of H-pyrrole nitrogens is 2. The first-order chi connectivity index (χ1) is 49.7. The van der Waals surface area contributed by atoms with Crippen molar-refractivity contribution in [2.75, 3.05) is 99.1 Å². The molecule has 28 nitrogen and oxygen atoms in total. The van der Waals surface area contributed by atoms with Gasteiger partial charge in [0, 0.05) is 44.3 Å². The minimum atomic E-state index is -1.56. The molecule has 3 aromatic heterocycles. The summed E-state index contributed by atoms with van der Waals surface area (Å²) in [5, 5.41) is 120. The topological polar surface area (TPSA) is 411 Å². The lowest BCUT2D eigenvalue weighted by Crippen LogP contribution is -2.59. The number of fused-ring (bicyclic) bond motifs is 8. The van der Waals surface area contributed by atoms with Gasteiger partial charge in [0.25, 0.3) is 0 Å². The Morgan fingerprint density at radius 1 is 0.294 bits per heavy atom. The van der Waals surface area contributed by atoms with Crippen LogP contribution in [0.4, 0.5) is 0 Å². The molecule has 8 bridgehead atoms. The predicted octanol–water partition coefficient (Wildman–Crippen LogP) is 2.96. The van der Waals surface area contributed by atoms with Gasteiger partial charge in [-0.25, -0.2) is 9.97 Å².